The van der Waals surface area contributed by atoms with Gasteiger partial charge in [0.05, 0.1) is 18.9 Å². The first kappa shape index (κ1) is 15.1. The predicted octanol–water partition coefficient (Wildman–Crippen LogP) is 2.29. The summed E-state index contributed by atoms with van der Waals surface area (Å²) in [7, 11) is 0. The third-order valence-electron chi connectivity index (χ3n) is 2.87. The van der Waals surface area contributed by atoms with Crippen LogP contribution < -0.4 is 4.90 Å². The molecule has 6 heteroatoms. The van der Waals surface area contributed by atoms with Crippen molar-refractivity contribution in [3.8, 4) is 0 Å². The van der Waals surface area contributed by atoms with Crippen molar-refractivity contribution in [2.75, 3.05) is 31.2 Å². The van der Waals surface area contributed by atoms with Gasteiger partial charge in [-0.3, -0.25) is 0 Å². The Labute approximate surface area is 123 Å². The minimum absolute atomic E-state index is 0.0428. The molecule has 21 heavy (non-hydrogen) atoms. The molecule has 0 fully saturated rings. The minimum atomic E-state index is 0.0428. The molecule has 6 nitrogen and oxygen atoms in total. The van der Waals surface area contributed by atoms with Gasteiger partial charge < -0.3 is 15.1 Å². The lowest BCUT2D eigenvalue weighted by molar-refractivity contribution is 0.281. The Morgan fingerprint density at radius 2 is 1.62 bits per heavy atom. The van der Waals surface area contributed by atoms with Gasteiger partial charge in [0.15, 0.2) is 5.82 Å². The molecule has 2 N–H and O–H groups in total. The summed E-state index contributed by atoms with van der Waals surface area (Å²) in [5, 5.41) is 26.2. The van der Waals surface area contributed by atoms with E-state index in [-0.39, 0.29) is 13.2 Å². The molecule has 0 bridgehead atoms. The van der Waals surface area contributed by atoms with Crippen LogP contribution in [0.25, 0.3) is 0 Å². The molecule has 0 aliphatic rings. The van der Waals surface area contributed by atoms with Crippen molar-refractivity contribution in [1.29, 1.82) is 0 Å². The van der Waals surface area contributed by atoms with Gasteiger partial charge in [0.2, 0.25) is 0 Å². The van der Waals surface area contributed by atoms with E-state index >= 15 is 0 Å². The largest absolute Gasteiger partial charge is 0.395 e. The molecular formula is C15H18N4O2. The Morgan fingerprint density at radius 1 is 0.905 bits per heavy atom. The number of anilines is 1. The number of aliphatic hydroxyl groups is 2. The number of rotatable bonds is 7. The minimum Gasteiger partial charge on any atom is -0.395 e. The second-order valence-electron chi connectivity index (χ2n) is 4.34. The average Bonchev–Trinajstić information content (AvgIpc) is 2.54. The highest BCUT2D eigenvalue weighted by Gasteiger charge is 2.04. The lowest BCUT2D eigenvalue weighted by Crippen LogP contribution is -2.29. The van der Waals surface area contributed by atoms with Crippen LogP contribution >= 0.6 is 0 Å². The highest BCUT2D eigenvalue weighted by molar-refractivity contribution is 5.52. The van der Waals surface area contributed by atoms with Crippen molar-refractivity contribution in [2.45, 2.75) is 0 Å². The SMILES string of the molecule is OCCN(CCO)c1ccc(/N=N/c2ccccn2)cc1. The zero-order valence-corrected chi connectivity index (χ0v) is 11.6. The van der Waals surface area contributed by atoms with Gasteiger partial charge in [0, 0.05) is 25.0 Å². The number of azo groups is 1. The summed E-state index contributed by atoms with van der Waals surface area (Å²) in [6, 6.07) is 12.9. The van der Waals surface area contributed by atoms with Crippen molar-refractivity contribution in [2.24, 2.45) is 10.2 Å². The third-order valence-corrected chi connectivity index (χ3v) is 2.87. The number of hydrogen-bond acceptors (Lipinski definition) is 6. The molecule has 2 aromatic rings. The van der Waals surface area contributed by atoms with Gasteiger partial charge in [-0.2, -0.15) is 0 Å². The smallest absolute Gasteiger partial charge is 0.174 e. The summed E-state index contributed by atoms with van der Waals surface area (Å²) in [4.78, 5) is 5.97. The standard InChI is InChI=1S/C15H18N4O2/c20-11-9-19(10-12-21)14-6-4-13(5-7-14)17-18-15-3-1-2-8-16-15/h1-8,20-21H,9-12H2/b18-17+. The fourth-order valence-electron chi connectivity index (χ4n) is 1.86. The Morgan fingerprint density at radius 3 is 2.19 bits per heavy atom. The maximum Gasteiger partial charge on any atom is 0.174 e. The van der Waals surface area contributed by atoms with Crippen LogP contribution in [-0.2, 0) is 0 Å². The van der Waals surface area contributed by atoms with E-state index in [0.29, 0.717) is 18.9 Å². The van der Waals surface area contributed by atoms with E-state index in [9.17, 15) is 0 Å². The summed E-state index contributed by atoms with van der Waals surface area (Å²) in [6.45, 7) is 1.05. The molecule has 0 aliphatic carbocycles. The van der Waals surface area contributed by atoms with Gasteiger partial charge in [-0.1, -0.05) is 6.07 Å². The quantitative estimate of drug-likeness (QED) is 0.765. The van der Waals surface area contributed by atoms with Crippen LogP contribution in [0.15, 0.2) is 58.9 Å². The van der Waals surface area contributed by atoms with Crippen LogP contribution in [-0.4, -0.2) is 41.5 Å². The highest BCUT2D eigenvalue weighted by Crippen LogP contribution is 2.21. The molecule has 0 saturated heterocycles. The highest BCUT2D eigenvalue weighted by atomic mass is 16.3. The first-order valence-corrected chi connectivity index (χ1v) is 6.73. The topological polar surface area (TPSA) is 81.3 Å². The van der Waals surface area contributed by atoms with Gasteiger partial charge in [-0.05, 0) is 36.4 Å². The van der Waals surface area contributed by atoms with Crippen LogP contribution in [0, 0.1) is 0 Å². The number of aromatic nitrogens is 1. The predicted molar refractivity (Wildman–Crippen MR) is 81.2 cm³/mol. The van der Waals surface area contributed by atoms with E-state index < -0.39 is 0 Å². The van der Waals surface area contributed by atoms with Gasteiger partial charge in [-0.15, -0.1) is 10.2 Å². The summed E-state index contributed by atoms with van der Waals surface area (Å²) in [6.07, 6.45) is 1.67. The first-order chi connectivity index (χ1) is 10.3. The number of benzene rings is 1. The maximum absolute atomic E-state index is 9.03. The lowest BCUT2D eigenvalue weighted by Gasteiger charge is -2.22. The van der Waals surface area contributed by atoms with Crippen molar-refractivity contribution in [3.63, 3.8) is 0 Å². The molecule has 2 rings (SSSR count). The molecule has 110 valence electrons. The van der Waals surface area contributed by atoms with Crippen LogP contribution in [0.3, 0.4) is 0 Å². The summed E-state index contributed by atoms with van der Waals surface area (Å²) < 4.78 is 0. The van der Waals surface area contributed by atoms with Gasteiger partial charge >= 0.3 is 0 Å². The molecule has 0 atom stereocenters. The maximum atomic E-state index is 9.03. The van der Waals surface area contributed by atoms with E-state index in [1.165, 1.54) is 0 Å². The zero-order chi connectivity index (χ0) is 14.9. The average molecular weight is 286 g/mol. The van der Waals surface area contributed by atoms with E-state index in [0.717, 1.165) is 11.4 Å². The molecule has 0 saturated carbocycles. The van der Waals surface area contributed by atoms with Gasteiger partial charge in [-0.25, -0.2) is 4.98 Å². The fraction of sp³-hybridized carbons (Fsp3) is 0.267. The number of nitrogens with zero attached hydrogens (tertiary/aromatic N) is 4. The Balaban J connectivity index is 2.06. The van der Waals surface area contributed by atoms with E-state index in [2.05, 4.69) is 15.2 Å². The van der Waals surface area contributed by atoms with Crippen molar-refractivity contribution in [1.82, 2.24) is 4.98 Å². The Bertz CT molecular complexity index is 552. The van der Waals surface area contributed by atoms with Crippen molar-refractivity contribution >= 4 is 17.2 Å². The van der Waals surface area contributed by atoms with E-state index in [1.54, 1.807) is 12.3 Å². The second-order valence-corrected chi connectivity index (χ2v) is 4.34. The molecule has 0 radical (unpaired) electrons. The van der Waals surface area contributed by atoms with E-state index in [4.69, 9.17) is 10.2 Å². The van der Waals surface area contributed by atoms with Crippen molar-refractivity contribution < 1.29 is 10.2 Å². The van der Waals surface area contributed by atoms with Crippen LogP contribution in [0.1, 0.15) is 0 Å². The summed E-state index contributed by atoms with van der Waals surface area (Å²) in [5.41, 5.74) is 1.65. The monoisotopic (exact) mass is 286 g/mol. The molecule has 0 unspecified atom stereocenters. The fourth-order valence-corrected chi connectivity index (χ4v) is 1.86. The second kappa shape index (κ2) is 8.08. The van der Waals surface area contributed by atoms with Crippen molar-refractivity contribution in [3.05, 3.63) is 48.7 Å². The first-order valence-electron chi connectivity index (χ1n) is 6.73. The summed E-state index contributed by atoms with van der Waals surface area (Å²) in [5.74, 6) is 0.559. The van der Waals surface area contributed by atoms with Crippen LogP contribution in [0.2, 0.25) is 0 Å². The lowest BCUT2D eigenvalue weighted by atomic mass is 10.2. The summed E-state index contributed by atoms with van der Waals surface area (Å²) >= 11 is 0. The molecule has 1 heterocycles. The van der Waals surface area contributed by atoms with Gasteiger partial charge in [0.25, 0.3) is 0 Å². The Hall–Kier alpha value is -2.31. The number of hydrogen-bond donors (Lipinski definition) is 2. The van der Waals surface area contributed by atoms with Gasteiger partial charge in [0.1, 0.15) is 0 Å². The number of pyridine rings is 1. The third kappa shape index (κ3) is 4.62. The zero-order valence-electron chi connectivity index (χ0n) is 11.6. The molecule has 0 amide bonds. The van der Waals surface area contributed by atoms with Crippen LogP contribution in [0.5, 0.6) is 0 Å². The molecule has 0 spiro atoms. The number of aliphatic hydroxyl groups excluding tert-OH is 2. The van der Waals surface area contributed by atoms with E-state index in [1.807, 2.05) is 41.3 Å². The Kier molecular flexibility index (Phi) is 5.81. The van der Waals surface area contributed by atoms with Crippen LogP contribution in [0.4, 0.5) is 17.2 Å². The molecule has 1 aromatic heterocycles. The molecular weight excluding hydrogens is 268 g/mol. The normalized spacial score (nSPS) is 11.0. The molecule has 1 aromatic carbocycles. The molecule has 0 aliphatic heterocycles.